The second kappa shape index (κ2) is 2.95. The fraction of sp³-hybridized carbons (Fsp3) is 1.00. The monoisotopic (exact) mass is 264 g/mol. The van der Waals surface area contributed by atoms with Crippen molar-refractivity contribution in [3.05, 3.63) is 0 Å². The Bertz CT molecular complexity index is 376. The first-order valence-corrected chi connectivity index (χ1v) is 12.5. The fourth-order valence-electron chi connectivity index (χ4n) is 4.37. The Morgan fingerprint density at radius 1 is 1.00 bits per heavy atom. The van der Waals surface area contributed by atoms with Gasteiger partial charge in [-0.1, -0.05) is 23.6 Å². The smallest absolute Gasteiger partial charge is 0.00112 e. The van der Waals surface area contributed by atoms with Gasteiger partial charge in [0.2, 0.25) is 0 Å². The highest BCUT2D eigenvalue weighted by Gasteiger charge is 2.61. The van der Waals surface area contributed by atoms with E-state index in [1.54, 1.807) is 0 Å². The van der Waals surface area contributed by atoms with Crippen LogP contribution in [0.15, 0.2) is 0 Å². The van der Waals surface area contributed by atoms with Gasteiger partial charge in [-0.25, -0.2) is 0 Å². The highest BCUT2D eigenvalue weighted by atomic mass is 32.4. The van der Waals surface area contributed by atoms with Crippen LogP contribution in [-0.4, -0.2) is 36.5 Å². The van der Waals surface area contributed by atoms with Crippen molar-refractivity contribution in [1.82, 2.24) is 0 Å². The van der Waals surface area contributed by atoms with Crippen molar-refractivity contribution in [2.24, 2.45) is 5.92 Å². The molecule has 80 valence electrons. The maximum atomic E-state index is 5.96. The molecule has 0 spiro atoms. The predicted octanol–water partition coefficient (Wildman–Crippen LogP) is 3.14. The highest BCUT2D eigenvalue weighted by Crippen LogP contribution is 2.80. The summed E-state index contributed by atoms with van der Waals surface area (Å²) in [6, 6.07) is -1.95. The van der Waals surface area contributed by atoms with Crippen LogP contribution in [0.5, 0.6) is 0 Å². The van der Waals surface area contributed by atoms with E-state index in [-0.39, 0.29) is 0 Å². The van der Waals surface area contributed by atoms with Crippen LogP contribution in [-0.2, 0) is 23.6 Å². The minimum Gasteiger partial charge on any atom is -0.0974 e. The number of hydrogen-bond acceptors (Lipinski definition) is 2. The van der Waals surface area contributed by atoms with Crippen molar-refractivity contribution in [3.63, 3.8) is 0 Å². The molecular weight excluding hydrogens is 246 g/mol. The number of rotatable bonds is 0. The summed E-state index contributed by atoms with van der Waals surface area (Å²) in [7, 11) is 0. The van der Waals surface area contributed by atoms with Gasteiger partial charge in [0.15, 0.2) is 0 Å². The summed E-state index contributed by atoms with van der Waals surface area (Å²) in [6.07, 6.45) is 5.71. The first-order valence-electron chi connectivity index (χ1n) is 5.58. The van der Waals surface area contributed by atoms with Crippen molar-refractivity contribution in [1.29, 1.82) is 0 Å². The van der Waals surface area contributed by atoms with E-state index in [0.717, 1.165) is 22.9 Å². The van der Waals surface area contributed by atoms with Crippen LogP contribution in [0.2, 0.25) is 0 Å². The molecule has 3 rings (SSSR count). The Kier molecular flexibility index (Phi) is 2.20. The lowest BCUT2D eigenvalue weighted by molar-refractivity contribution is 0.432. The van der Waals surface area contributed by atoms with Crippen molar-refractivity contribution >= 4 is 35.7 Å². The summed E-state index contributed by atoms with van der Waals surface area (Å²) in [5.41, 5.74) is 2.81. The van der Waals surface area contributed by atoms with Crippen LogP contribution in [0.3, 0.4) is 0 Å². The van der Waals surface area contributed by atoms with Gasteiger partial charge >= 0.3 is 0 Å². The number of hydrogen-bond donors (Lipinski definition) is 0. The Morgan fingerprint density at radius 2 is 1.64 bits per heavy atom. The maximum Gasteiger partial charge on any atom is -0.00112 e. The molecule has 3 fully saturated rings. The van der Waals surface area contributed by atoms with Gasteiger partial charge in [-0.3, -0.25) is 0 Å². The second-order valence-corrected chi connectivity index (χ2v) is 17.3. The first kappa shape index (κ1) is 10.5. The van der Waals surface area contributed by atoms with E-state index in [1.165, 1.54) is 25.4 Å². The van der Waals surface area contributed by atoms with E-state index < -0.39 is 12.1 Å². The van der Waals surface area contributed by atoms with Crippen molar-refractivity contribution in [2.45, 2.75) is 36.2 Å². The Labute approximate surface area is 97.2 Å². The van der Waals surface area contributed by atoms with Gasteiger partial charge < -0.3 is 0 Å². The molecule has 2 unspecified atom stereocenters. The topological polar surface area (TPSA) is 0 Å². The van der Waals surface area contributed by atoms with Crippen molar-refractivity contribution in [2.75, 3.05) is 19.5 Å². The second-order valence-electron chi connectivity index (χ2n) is 5.61. The van der Waals surface area contributed by atoms with Gasteiger partial charge in [-0.05, 0) is 73.7 Å². The van der Waals surface area contributed by atoms with Gasteiger partial charge in [0.05, 0.1) is 0 Å². The largest absolute Gasteiger partial charge is 0.0974 e. The maximum absolute atomic E-state index is 5.96. The zero-order valence-electron chi connectivity index (χ0n) is 8.85. The summed E-state index contributed by atoms with van der Waals surface area (Å²) in [5, 5.41) is 0. The molecular formula is C10H18P2S2. The number of fused-ring (bicyclic) bond motifs is 5. The molecule has 0 nitrogen and oxygen atoms in total. The molecule has 0 aromatic heterocycles. The molecule has 2 bridgehead atoms. The Morgan fingerprint density at radius 3 is 2.29 bits per heavy atom. The highest BCUT2D eigenvalue weighted by molar-refractivity contribution is 8.17. The third-order valence-electron chi connectivity index (χ3n) is 4.94. The molecule has 14 heavy (non-hydrogen) atoms. The summed E-state index contributed by atoms with van der Waals surface area (Å²) >= 11 is 11.9. The van der Waals surface area contributed by atoms with Crippen LogP contribution in [0.25, 0.3) is 0 Å². The molecule has 4 heteroatoms. The van der Waals surface area contributed by atoms with E-state index in [9.17, 15) is 0 Å². The van der Waals surface area contributed by atoms with Crippen LogP contribution in [0, 0.1) is 5.92 Å². The van der Waals surface area contributed by atoms with E-state index in [0.29, 0.717) is 0 Å². The van der Waals surface area contributed by atoms with Gasteiger partial charge in [0, 0.05) is 0 Å². The average molecular weight is 264 g/mol. The lowest BCUT2D eigenvalue weighted by Gasteiger charge is -2.28. The van der Waals surface area contributed by atoms with Crippen LogP contribution < -0.4 is 0 Å². The normalized spacial score (nSPS) is 65.9. The zero-order chi connectivity index (χ0) is 10.1. The molecule has 0 amide bonds. The standard InChI is InChI=1S/C10H18P2S2/c1-11(13)6-5-7-8-3-4-9(10(7)11)12(8,2)14/h7-10H,3-6H2,1-2H3/t7-,8+,9-,10-,11?,12?/m0/s1. The Hall–Kier alpha value is 1.30. The molecule has 0 aromatic carbocycles. The van der Waals surface area contributed by atoms with Gasteiger partial charge in [-0.2, -0.15) is 0 Å². The lowest BCUT2D eigenvalue weighted by Crippen LogP contribution is -2.26. The third-order valence-corrected chi connectivity index (χ3v) is 15.1. The molecule has 6 atom stereocenters. The first-order chi connectivity index (χ1) is 6.44. The van der Waals surface area contributed by atoms with Crippen LogP contribution in [0.4, 0.5) is 0 Å². The molecule has 0 N–H and O–H groups in total. The third kappa shape index (κ3) is 1.12. The predicted molar refractivity (Wildman–Crippen MR) is 74.0 cm³/mol. The molecule has 0 aromatic rings. The average Bonchev–Trinajstić information content (AvgIpc) is 2.61. The van der Waals surface area contributed by atoms with E-state index in [4.69, 9.17) is 23.6 Å². The van der Waals surface area contributed by atoms with Gasteiger partial charge in [0.1, 0.15) is 0 Å². The summed E-state index contributed by atoms with van der Waals surface area (Å²) < 4.78 is 0. The minimum absolute atomic E-state index is 0.922. The van der Waals surface area contributed by atoms with E-state index >= 15 is 0 Å². The molecule has 0 saturated carbocycles. The summed E-state index contributed by atoms with van der Waals surface area (Å²) in [5.74, 6) is 0.986. The molecule has 3 heterocycles. The molecule has 0 aliphatic carbocycles. The quantitative estimate of drug-likeness (QED) is 0.616. The van der Waals surface area contributed by atoms with E-state index in [2.05, 4.69) is 13.3 Å². The van der Waals surface area contributed by atoms with Gasteiger partial charge in [-0.15, -0.1) is 0 Å². The SMILES string of the molecule is CP1(=S)CC[C@@H]2[C@H]1[C@@H]1CC[C@H]2P1(C)=S. The van der Waals surface area contributed by atoms with Crippen LogP contribution >= 0.6 is 12.1 Å². The molecule has 0 radical (unpaired) electrons. The summed E-state index contributed by atoms with van der Waals surface area (Å²) in [6.45, 7) is 4.86. The van der Waals surface area contributed by atoms with Crippen LogP contribution in [0.1, 0.15) is 19.3 Å². The molecule has 3 saturated heterocycles. The van der Waals surface area contributed by atoms with Gasteiger partial charge in [0.25, 0.3) is 0 Å². The van der Waals surface area contributed by atoms with E-state index in [1.807, 2.05) is 0 Å². The van der Waals surface area contributed by atoms with Crippen molar-refractivity contribution < 1.29 is 0 Å². The van der Waals surface area contributed by atoms with Crippen molar-refractivity contribution in [3.8, 4) is 0 Å². The Balaban J connectivity index is 2.10. The lowest BCUT2D eigenvalue weighted by atomic mass is 9.87. The minimum atomic E-state index is -0.977. The molecule has 3 aliphatic heterocycles. The molecule has 3 aliphatic rings. The summed E-state index contributed by atoms with van der Waals surface area (Å²) in [4.78, 5) is 0. The fourth-order valence-corrected chi connectivity index (χ4v) is 16.4. The zero-order valence-corrected chi connectivity index (χ0v) is 12.3.